The molecule has 1 aliphatic heterocycles. The number of hydrogen-bond donors (Lipinski definition) is 1. The van der Waals surface area contributed by atoms with Crippen molar-refractivity contribution in [1.29, 1.82) is 0 Å². The number of thiazole rings is 1. The molecule has 6 nitrogen and oxygen atoms in total. The Kier molecular flexibility index (Phi) is 5.64. The Bertz CT molecular complexity index is 1500. The first kappa shape index (κ1) is 22.0. The van der Waals surface area contributed by atoms with Crippen LogP contribution in [0.3, 0.4) is 0 Å². The quantitative estimate of drug-likeness (QED) is 0.275. The van der Waals surface area contributed by atoms with E-state index in [2.05, 4.69) is 31.9 Å². The van der Waals surface area contributed by atoms with Gasteiger partial charge in [0.15, 0.2) is 10.2 Å². The minimum atomic E-state index is -0.191. The zero-order chi connectivity index (χ0) is 23.9. The van der Waals surface area contributed by atoms with E-state index >= 15 is 0 Å². The van der Waals surface area contributed by atoms with Crippen LogP contribution in [0.5, 0.6) is 5.75 Å². The Balaban J connectivity index is 1.51. The van der Waals surface area contributed by atoms with Gasteiger partial charge in [-0.3, -0.25) is 9.55 Å². The smallest absolute Gasteiger partial charge is 0.194 e. The first-order valence-electron chi connectivity index (χ1n) is 11.0. The van der Waals surface area contributed by atoms with Crippen LogP contribution in [0.15, 0.2) is 85.2 Å². The Hall–Kier alpha value is -3.46. The van der Waals surface area contributed by atoms with Crippen molar-refractivity contribution < 1.29 is 4.74 Å². The van der Waals surface area contributed by atoms with Crippen LogP contribution >= 0.6 is 35.2 Å². The molecule has 1 N–H and O–H groups in total. The molecule has 0 saturated carbocycles. The number of halogens is 1. The third-order valence-corrected chi connectivity index (χ3v) is 7.73. The van der Waals surface area contributed by atoms with Gasteiger partial charge < -0.3 is 15.0 Å². The van der Waals surface area contributed by atoms with E-state index in [9.17, 15) is 0 Å². The maximum atomic E-state index is 6.51. The Morgan fingerprint density at radius 3 is 2.69 bits per heavy atom. The second-order valence-electron chi connectivity index (χ2n) is 8.08. The Morgan fingerprint density at radius 1 is 1.06 bits per heavy atom. The van der Waals surface area contributed by atoms with Gasteiger partial charge in [-0.25, -0.2) is 4.98 Å². The first-order valence-corrected chi connectivity index (χ1v) is 12.6. The number of benzene rings is 2. The van der Waals surface area contributed by atoms with Crippen LogP contribution in [0.4, 0.5) is 5.69 Å². The second-order valence-corrected chi connectivity index (χ2v) is 9.89. The molecule has 35 heavy (non-hydrogen) atoms. The monoisotopic (exact) mass is 517 g/mol. The van der Waals surface area contributed by atoms with E-state index in [4.69, 9.17) is 33.5 Å². The van der Waals surface area contributed by atoms with E-state index in [0.29, 0.717) is 15.9 Å². The van der Waals surface area contributed by atoms with E-state index in [0.717, 1.165) is 32.4 Å². The van der Waals surface area contributed by atoms with Crippen LogP contribution in [-0.2, 0) is 0 Å². The topological polar surface area (TPSA) is 55.2 Å². The fraction of sp³-hybridized carbons (Fsp3) is 0.115. The number of rotatable bonds is 5. The lowest BCUT2D eigenvalue weighted by Crippen LogP contribution is -2.30. The molecule has 3 aromatic heterocycles. The number of nitrogens with one attached hydrogen (secondary N) is 1. The summed E-state index contributed by atoms with van der Waals surface area (Å²) in [5.41, 5.74) is 3.79. The summed E-state index contributed by atoms with van der Waals surface area (Å²) in [4.78, 5) is 11.6. The molecule has 0 bridgehead atoms. The summed E-state index contributed by atoms with van der Waals surface area (Å²) in [6.07, 6.45) is 3.85. The molecule has 2 aromatic carbocycles. The highest BCUT2D eigenvalue weighted by Gasteiger charge is 2.42. The molecule has 5 aromatic rings. The predicted octanol–water partition coefficient (Wildman–Crippen LogP) is 6.32. The van der Waals surface area contributed by atoms with E-state index in [1.165, 1.54) is 0 Å². The zero-order valence-electron chi connectivity index (χ0n) is 18.6. The highest BCUT2D eigenvalue weighted by atomic mass is 35.5. The number of pyridine rings is 1. The SMILES string of the molecule is COc1ccc(N2C(=S)N[C@@H](c3ccccn3)[C@@H]2c2cccn2-c2nc3ccccc3s2)cc1Cl. The van der Waals surface area contributed by atoms with Gasteiger partial charge in [0, 0.05) is 18.1 Å². The lowest BCUT2D eigenvalue weighted by atomic mass is 10.0. The average Bonchev–Trinajstić information content (AvgIpc) is 3.60. The fourth-order valence-electron chi connectivity index (χ4n) is 4.51. The van der Waals surface area contributed by atoms with Gasteiger partial charge in [-0.2, -0.15) is 0 Å². The molecule has 1 aliphatic rings. The van der Waals surface area contributed by atoms with E-state index < -0.39 is 0 Å². The third-order valence-electron chi connectivity index (χ3n) is 6.08. The highest BCUT2D eigenvalue weighted by Crippen LogP contribution is 2.44. The third kappa shape index (κ3) is 3.83. The molecular weight excluding hydrogens is 498 g/mol. The van der Waals surface area contributed by atoms with Gasteiger partial charge >= 0.3 is 0 Å². The van der Waals surface area contributed by atoms with Crippen molar-refractivity contribution in [3.05, 3.63) is 102 Å². The number of hydrogen-bond acceptors (Lipinski definition) is 5. The van der Waals surface area contributed by atoms with Crippen LogP contribution in [0.2, 0.25) is 5.02 Å². The fourth-order valence-corrected chi connectivity index (χ4v) is 6.08. The maximum absolute atomic E-state index is 6.51. The number of nitrogens with zero attached hydrogens (tertiary/aromatic N) is 4. The number of methoxy groups -OCH3 is 1. The summed E-state index contributed by atoms with van der Waals surface area (Å²) in [7, 11) is 1.60. The Labute approximate surface area is 216 Å². The molecule has 0 radical (unpaired) electrons. The van der Waals surface area contributed by atoms with Crippen LogP contribution in [0.25, 0.3) is 15.3 Å². The van der Waals surface area contributed by atoms with Gasteiger partial charge in [0.05, 0.1) is 39.8 Å². The number of ether oxygens (including phenoxy) is 1. The summed E-state index contributed by atoms with van der Waals surface area (Å²) in [5, 5.41) is 5.52. The van der Waals surface area contributed by atoms with Crippen molar-refractivity contribution in [2.45, 2.75) is 12.1 Å². The molecule has 0 amide bonds. The summed E-state index contributed by atoms with van der Waals surface area (Å²) < 4.78 is 8.64. The molecule has 1 saturated heterocycles. The van der Waals surface area contributed by atoms with Gasteiger partial charge in [0.1, 0.15) is 11.8 Å². The molecule has 174 valence electrons. The van der Waals surface area contributed by atoms with Crippen molar-refractivity contribution in [3.63, 3.8) is 0 Å². The zero-order valence-corrected chi connectivity index (χ0v) is 21.0. The molecule has 9 heteroatoms. The van der Waals surface area contributed by atoms with E-state index in [1.54, 1.807) is 24.6 Å². The molecule has 1 fully saturated rings. The number of para-hydroxylation sites is 1. The molecule has 0 aliphatic carbocycles. The van der Waals surface area contributed by atoms with Crippen molar-refractivity contribution in [2.24, 2.45) is 0 Å². The highest BCUT2D eigenvalue weighted by molar-refractivity contribution is 7.80. The lowest BCUT2D eigenvalue weighted by molar-refractivity contribution is 0.415. The van der Waals surface area contributed by atoms with E-state index in [-0.39, 0.29) is 12.1 Å². The second kappa shape index (κ2) is 8.96. The van der Waals surface area contributed by atoms with Crippen molar-refractivity contribution in [1.82, 2.24) is 19.9 Å². The summed E-state index contributed by atoms with van der Waals surface area (Å²) in [5.74, 6) is 0.615. The normalized spacial score (nSPS) is 17.7. The van der Waals surface area contributed by atoms with Crippen LogP contribution in [0, 0.1) is 0 Å². The summed E-state index contributed by atoms with van der Waals surface area (Å²) in [6.45, 7) is 0. The van der Waals surface area contributed by atoms with Crippen LogP contribution in [0.1, 0.15) is 23.5 Å². The molecule has 6 rings (SSSR count). The number of fused-ring (bicyclic) bond motifs is 1. The van der Waals surface area contributed by atoms with Gasteiger partial charge in [-0.15, -0.1) is 0 Å². The predicted molar refractivity (Wildman–Crippen MR) is 145 cm³/mol. The minimum absolute atomic E-state index is 0.174. The summed E-state index contributed by atoms with van der Waals surface area (Å²) in [6, 6.07) is 23.6. The molecule has 4 heterocycles. The standard InChI is InChI=1S/C26H20ClN5OS2/c1-33-21-12-11-16(15-17(21)27)32-24(23(30-25(32)34)19-8-4-5-13-28-19)20-9-6-14-31(20)26-29-18-7-2-3-10-22(18)35-26/h2-15,23-24H,1H3,(H,30,34)/t23-,24-/m0/s1. The number of anilines is 1. The van der Waals surface area contributed by atoms with Gasteiger partial charge in [0.2, 0.25) is 0 Å². The number of aromatic nitrogens is 3. The lowest BCUT2D eigenvalue weighted by Gasteiger charge is -2.28. The van der Waals surface area contributed by atoms with Crippen molar-refractivity contribution >= 4 is 56.2 Å². The van der Waals surface area contributed by atoms with Crippen molar-refractivity contribution in [3.8, 4) is 10.9 Å². The van der Waals surface area contributed by atoms with Crippen LogP contribution < -0.4 is 15.0 Å². The minimum Gasteiger partial charge on any atom is -0.495 e. The molecule has 2 atom stereocenters. The van der Waals surface area contributed by atoms with E-state index in [1.807, 2.05) is 66.9 Å². The molecule has 0 spiro atoms. The average molecular weight is 518 g/mol. The van der Waals surface area contributed by atoms with Gasteiger partial charge in [-0.05, 0) is 66.8 Å². The van der Waals surface area contributed by atoms with Crippen molar-refractivity contribution in [2.75, 3.05) is 12.0 Å². The first-order chi connectivity index (χ1) is 17.1. The number of thiocarbonyl (C=S) groups is 1. The molecule has 0 unspecified atom stereocenters. The van der Waals surface area contributed by atoms with Gasteiger partial charge in [0.25, 0.3) is 0 Å². The maximum Gasteiger partial charge on any atom is 0.194 e. The Morgan fingerprint density at radius 2 is 1.91 bits per heavy atom. The largest absolute Gasteiger partial charge is 0.495 e. The van der Waals surface area contributed by atoms with Gasteiger partial charge in [-0.1, -0.05) is 41.1 Å². The summed E-state index contributed by atoms with van der Waals surface area (Å²) >= 11 is 14.0. The molecular formula is C26H20ClN5OS2. The van der Waals surface area contributed by atoms with Crippen LogP contribution in [-0.4, -0.2) is 26.8 Å².